The molecule has 0 radical (unpaired) electrons. The summed E-state index contributed by atoms with van der Waals surface area (Å²) in [6.07, 6.45) is 7.78. The van der Waals surface area contributed by atoms with Crippen molar-refractivity contribution >= 4 is 12.2 Å². The van der Waals surface area contributed by atoms with E-state index in [4.69, 9.17) is 14.2 Å². The molecule has 53 heavy (non-hydrogen) atoms. The fourth-order valence-corrected chi connectivity index (χ4v) is 14.9. The number of β-amino-alcohol motifs (C(OH)–C–C–N with tert-alkyl or cyclic N) is 1. The molecule has 8 aliphatic rings. The second-order valence-electron chi connectivity index (χ2n) is 21.4. The van der Waals surface area contributed by atoms with Crippen LogP contribution in [0.5, 0.6) is 0 Å². The van der Waals surface area contributed by atoms with Gasteiger partial charge in [-0.3, -0.25) is 4.90 Å². The first-order valence-corrected chi connectivity index (χ1v) is 21.5. The summed E-state index contributed by atoms with van der Waals surface area (Å²) >= 11 is 0. The Morgan fingerprint density at radius 1 is 0.887 bits per heavy atom. The number of rotatable bonds is 6. The summed E-state index contributed by atoms with van der Waals surface area (Å²) in [6.45, 7) is 24.8. The fraction of sp³-hybridized carbons (Fsp3) is 0.953. The van der Waals surface area contributed by atoms with Crippen LogP contribution in [0, 0.1) is 56.7 Å². The van der Waals surface area contributed by atoms with Crippen LogP contribution >= 0.6 is 0 Å². The first kappa shape index (κ1) is 38.3. The molecule has 2 N–H and O–H groups in total. The molecule has 0 aromatic heterocycles. The first-order chi connectivity index (χ1) is 24.8. The van der Waals surface area contributed by atoms with E-state index < -0.39 is 11.7 Å². The van der Waals surface area contributed by atoms with Crippen LogP contribution in [0.4, 0.5) is 9.59 Å². The van der Waals surface area contributed by atoms with Gasteiger partial charge in [0, 0.05) is 56.6 Å². The Labute approximate surface area is 319 Å². The van der Waals surface area contributed by atoms with Gasteiger partial charge in [-0.05, 0) is 117 Å². The summed E-state index contributed by atoms with van der Waals surface area (Å²) in [5.74, 6) is 1.67. The van der Waals surface area contributed by atoms with Crippen LogP contribution in [-0.4, -0.2) is 119 Å². The van der Waals surface area contributed by atoms with Gasteiger partial charge >= 0.3 is 12.2 Å². The highest BCUT2D eigenvalue weighted by Gasteiger charge is 2.84. The number of aliphatic hydroxyl groups excluding tert-OH is 1. The van der Waals surface area contributed by atoms with Crippen molar-refractivity contribution in [2.45, 2.75) is 156 Å². The van der Waals surface area contributed by atoms with Crippen molar-refractivity contribution in [1.82, 2.24) is 14.7 Å². The maximum Gasteiger partial charge on any atom is 0.410 e. The summed E-state index contributed by atoms with van der Waals surface area (Å²) in [5.41, 5.74) is -0.706. The van der Waals surface area contributed by atoms with Crippen LogP contribution in [0.2, 0.25) is 0 Å². The number of carbonyl (C=O) groups excluding carboxylic acids is 2. The average Bonchev–Trinajstić information content (AvgIpc) is 3.68. The van der Waals surface area contributed by atoms with Gasteiger partial charge in [0.2, 0.25) is 0 Å². The Bertz CT molecular complexity index is 1440. The summed E-state index contributed by atoms with van der Waals surface area (Å²) < 4.78 is 19.7. The second-order valence-corrected chi connectivity index (χ2v) is 21.4. The number of nitrogens with zero attached hydrogens (tertiary/aromatic N) is 3. The summed E-state index contributed by atoms with van der Waals surface area (Å²) in [6, 6.07) is 0. The van der Waals surface area contributed by atoms with Crippen LogP contribution in [0.1, 0.15) is 120 Å². The Hall–Kier alpha value is -1.62. The second kappa shape index (κ2) is 12.7. The van der Waals surface area contributed by atoms with E-state index in [9.17, 15) is 19.8 Å². The number of likely N-dealkylation sites (tertiary alicyclic amines) is 1. The van der Waals surface area contributed by atoms with Crippen molar-refractivity contribution in [3.05, 3.63) is 0 Å². The third kappa shape index (κ3) is 5.58. The minimum absolute atomic E-state index is 0.0329. The number of ether oxygens (including phenoxy) is 3. The zero-order chi connectivity index (χ0) is 38.1. The first-order valence-electron chi connectivity index (χ1n) is 21.5. The Balaban J connectivity index is 0.972. The van der Waals surface area contributed by atoms with Crippen molar-refractivity contribution in [2.75, 3.05) is 45.8 Å². The molecular weight excluding hydrogens is 670 g/mol. The third-order valence-corrected chi connectivity index (χ3v) is 17.6. The lowest BCUT2D eigenvalue weighted by Crippen LogP contribution is -2.60. The maximum absolute atomic E-state index is 13.6. The molecule has 0 bridgehead atoms. The van der Waals surface area contributed by atoms with Crippen molar-refractivity contribution in [3.8, 4) is 0 Å². The van der Waals surface area contributed by atoms with Crippen LogP contribution in [0.25, 0.3) is 0 Å². The van der Waals surface area contributed by atoms with Crippen LogP contribution in [0.3, 0.4) is 0 Å². The van der Waals surface area contributed by atoms with Crippen LogP contribution < -0.4 is 0 Å². The van der Waals surface area contributed by atoms with Gasteiger partial charge in [0.15, 0.2) is 0 Å². The molecule has 3 heterocycles. The standard InChI is InChI=1S/C43H71N3O7/c1-26(2)33(53-37(49)45-17-10-18-45)28-23-27(3)32-34(51-28)35(47)41(9)30-12-11-29-39(6,7)31(13-14-42(29)24-43(30,42)16-15-40(32,41)8)52-36(48)46-21-19-44(20-22-46)25-38(4,5)50/h26-35,47,50H,10-25H2,1-9H3/t27-,28?,29+,30?,31?,32+,33-,34?,35+,40?,41-,42?,43?/m1/s1. The summed E-state index contributed by atoms with van der Waals surface area (Å²) in [7, 11) is 0. The molecule has 5 saturated carbocycles. The van der Waals surface area contributed by atoms with Gasteiger partial charge < -0.3 is 34.2 Å². The Morgan fingerprint density at radius 3 is 2.15 bits per heavy atom. The molecular formula is C43H71N3O7. The van der Waals surface area contributed by atoms with Gasteiger partial charge in [0.05, 0.1) is 23.9 Å². The van der Waals surface area contributed by atoms with Crippen molar-refractivity contribution in [3.63, 3.8) is 0 Å². The van der Waals surface area contributed by atoms with Gasteiger partial charge in [-0.2, -0.15) is 0 Å². The molecule has 5 aliphatic carbocycles. The molecule has 3 saturated heterocycles. The molecule has 13 atom stereocenters. The Kier molecular flexibility index (Phi) is 9.16. The minimum atomic E-state index is -0.746. The van der Waals surface area contributed by atoms with E-state index in [0.717, 1.165) is 71.1 Å². The lowest BCUT2D eigenvalue weighted by molar-refractivity contribution is -0.185. The van der Waals surface area contributed by atoms with Crippen LogP contribution in [-0.2, 0) is 14.2 Å². The minimum Gasteiger partial charge on any atom is -0.446 e. The van der Waals surface area contributed by atoms with Gasteiger partial charge in [0.1, 0.15) is 12.2 Å². The van der Waals surface area contributed by atoms with Gasteiger partial charge in [0.25, 0.3) is 0 Å². The summed E-state index contributed by atoms with van der Waals surface area (Å²) in [4.78, 5) is 32.4. The Morgan fingerprint density at radius 2 is 1.53 bits per heavy atom. The molecule has 10 nitrogen and oxygen atoms in total. The van der Waals surface area contributed by atoms with Crippen LogP contribution in [0.15, 0.2) is 0 Å². The highest BCUT2D eigenvalue weighted by Crippen LogP contribution is 2.89. The quantitative estimate of drug-likeness (QED) is 0.315. The predicted molar refractivity (Wildman–Crippen MR) is 202 cm³/mol. The van der Waals surface area contributed by atoms with E-state index in [1.165, 1.54) is 12.8 Å². The molecule has 8 rings (SSSR count). The normalized spacial score (nSPS) is 46.6. The lowest BCUT2D eigenvalue weighted by atomic mass is 9.41. The number of hydrogen-bond acceptors (Lipinski definition) is 8. The molecule has 300 valence electrons. The number of hydrogen-bond donors (Lipinski definition) is 2. The molecule has 8 fully saturated rings. The smallest absolute Gasteiger partial charge is 0.410 e. The summed E-state index contributed by atoms with van der Waals surface area (Å²) in [5, 5.41) is 23.0. The largest absolute Gasteiger partial charge is 0.446 e. The molecule has 0 aromatic carbocycles. The van der Waals surface area contributed by atoms with Gasteiger partial charge in [-0.1, -0.05) is 48.5 Å². The van der Waals surface area contributed by atoms with E-state index in [0.29, 0.717) is 37.4 Å². The molecule has 7 unspecified atom stereocenters. The molecule has 2 amide bonds. The molecule has 0 aromatic rings. The number of fused-ring (bicyclic) bond motifs is 4. The van der Waals surface area contributed by atoms with Gasteiger partial charge in [-0.15, -0.1) is 0 Å². The highest BCUT2D eigenvalue weighted by molar-refractivity contribution is 5.69. The SMILES string of the molecule is CC(C)[C@@H](OC(=O)N1CCC1)C1C[C@@H](C)[C@H]2C(O1)[C@H](O)[C@@]1(C)C3CC[C@H]4C(C)(C)C(OC(=O)N5CCN(CC(C)(C)O)CC5)CCC45CC35CCC21C. The topological polar surface area (TPSA) is 112 Å². The third-order valence-electron chi connectivity index (χ3n) is 17.6. The van der Waals surface area contributed by atoms with E-state index in [1.54, 1.807) is 4.90 Å². The van der Waals surface area contributed by atoms with Crippen molar-refractivity contribution < 1.29 is 34.0 Å². The van der Waals surface area contributed by atoms with E-state index in [1.807, 2.05) is 18.7 Å². The van der Waals surface area contributed by atoms with E-state index in [-0.39, 0.29) is 75.5 Å². The number of piperazine rings is 1. The zero-order valence-electron chi connectivity index (χ0n) is 34.4. The lowest BCUT2D eigenvalue weighted by Gasteiger charge is -2.63. The number of amides is 2. The van der Waals surface area contributed by atoms with E-state index in [2.05, 4.69) is 53.4 Å². The zero-order valence-corrected chi connectivity index (χ0v) is 34.4. The van der Waals surface area contributed by atoms with Gasteiger partial charge in [-0.25, -0.2) is 9.59 Å². The van der Waals surface area contributed by atoms with E-state index >= 15 is 0 Å². The number of carbonyl (C=O) groups is 2. The highest BCUT2D eigenvalue weighted by atomic mass is 16.6. The molecule has 3 aliphatic heterocycles. The monoisotopic (exact) mass is 742 g/mol. The average molecular weight is 742 g/mol. The van der Waals surface area contributed by atoms with Crippen molar-refractivity contribution in [2.24, 2.45) is 56.7 Å². The molecule has 2 spiro atoms. The van der Waals surface area contributed by atoms with Crippen molar-refractivity contribution in [1.29, 1.82) is 0 Å². The fourth-order valence-electron chi connectivity index (χ4n) is 14.9. The molecule has 10 heteroatoms. The predicted octanol–water partition coefficient (Wildman–Crippen LogP) is 6.56. The maximum atomic E-state index is 13.6. The number of aliphatic hydroxyl groups is 2.